The van der Waals surface area contributed by atoms with Crippen LogP contribution in [0.25, 0.3) is 0 Å². The van der Waals surface area contributed by atoms with Crippen LogP contribution in [-0.2, 0) is 11.8 Å². The van der Waals surface area contributed by atoms with E-state index in [1.54, 1.807) is 0 Å². The Morgan fingerprint density at radius 1 is 1.00 bits per heavy atom. The van der Waals surface area contributed by atoms with Gasteiger partial charge in [0.2, 0.25) is 0 Å². The number of hydrogen-bond donors (Lipinski definition) is 2. The molecule has 2 aromatic carbocycles. The second-order valence-electron chi connectivity index (χ2n) is 10.3. The summed E-state index contributed by atoms with van der Waals surface area (Å²) in [6.45, 7) is 8.13. The summed E-state index contributed by atoms with van der Waals surface area (Å²) >= 11 is 0. The summed E-state index contributed by atoms with van der Waals surface area (Å²) in [6.07, 6.45) is 11.5. The summed E-state index contributed by atoms with van der Waals surface area (Å²) in [7, 11) is 0. The Morgan fingerprint density at radius 3 is 2.59 bits per heavy atom. The Hall–Kier alpha value is -1.84. The summed E-state index contributed by atoms with van der Waals surface area (Å²) in [6, 6.07) is 19.1. The number of likely N-dealkylation sites (tertiary alicyclic amines) is 1. The second-order valence-corrected chi connectivity index (χ2v) is 10.3. The fourth-order valence-corrected chi connectivity index (χ4v) is 6.67. The van der Waals surface area contributed by atoms with Gasteiger partial charge >= 0.3 is 0 Å². The molecule has 1 aliphatic carbocycles. The molecule has 0 radical (unpaired) electrons. The fraction of sp³-hybridized carbons (Fsp3) is 0.586. The van der Waals surface area contributed by atoms with Gasteiger partial charge in [0.05, 0.1) is 6.17 Å². The normalized spacial score (nSPS) is 28.4. The highest BCUT2D eigenvalue weighted by molar-refractivity contribution is 5.37. The number of nitrogens with one attached hydrogen (secondary N) is 1. The highest BCUT2D eigenvalue weighted by atomic mass is 16.3. The van der Waals surface area contributed by atoms with Crippen LogP contribution in [0.15, 0.2) is 54.6 Å². The molecule has 2 aromatic rings. The third kappa shape index (κ3) is 4.61. The third-order valence-corrected chi connectivity index (χ3v) is 8.48. The molecule has 1 saturated carbocycles. The SMILES string of the molecule is CCCCCNC1N(CCc2ccccc2)CCC2(c3cccc(O)c3)CCCCC12C. The van der Waals surface area contributed by atoms with Crippen molar-refractivity contribution < 1.29 is 5.11 Å². The summed E-state index contributed by atoms with van der Waals surface area (Å²) in [5.74, 6) is 0.406. The molecule has 3 nitrogen and oxygen atoms in total. The average molecular weight is 435 g/mol. The number of nitrogens with zero attached hydrogens (tertiary/aromatic N) is 1. The molecule has 3 heteroatoms. The van der Waals surface area contributed by atoms with Gasteiger partial charge in [-0.25, -0.2) is 0 Å². The van der Waals surface area contributed by atoms with Crippen molar-refractivity contribution >= 4 is 0 Å². The van der Waals surface area contributed by atoms with Crippen molar-refractivity contribution in [2.75, 3.05) is 19.6 Å². The van der Waals surface area contributed by atoms with E-state index in [0.29, 0.717) is 11.9 Å². The van der Waals surface area contributed by atoms with Crippen LogP contribution in [0.3, 0.4) is 0 Å². The van der Waals surface area contributed by atoms with Crippen LogP contribution in [0.2, 0.25) is 0 Å². The van der Waals surface area contributed by atoms with Gasteiger partial charge in [-0.3, -0.25) is 4.90 Å². The zero-order valence-corrected chi connectivity index (χ0v) is 20.2. The number of unbranched alkanes of at least 4 members (excludes halogenated alkanes) is 2. The summed E-state index contributed by atoms with van der Waals surface area (Å²) in [5, 5.41) is 14.4. The van der Waals surface area contributed by atoms with E-state index in [1.165, 1.54) is 62.5 Å². The lowest BCUT2D eigenvalue weighted by atomic mass is 9.49. The summed E-state index contributed by atoms with van der Waals surface area (Å²) in [4.78, 5) is 2.74. The predicted octanol–water partition coefficient (Wildman–Crippen LogP) is 6.26. The first-order valence-electron chi connectivity index (χ1n) is 12.9. The maximum absolute atomic E-state index is 10.3. The van der Waals surface area contributed by atoms with Gasteiger partial charge in [-0.15, -0.1) is 0 Å². The smallest absolute Gasteiger partial charge is 0.115 e. The van der Waals surface area contributed by atoms with Crippen LogP contribution in [0.4, 0.5) is 0 Å². The van der Waals surface area contributed by atoms with Crippen molar-refractivity contribution in [2.45, 2.75) is 83.2 Å². The summed E-state index contributed by atoms with van der Waals surface area (Å²) in [5.41, 5.74) is 3.06. The zero-order valence-electron chi connectivity index (χ0n) is 20.2. The predicted molar refractivity (Wildman–Crippen MR) is 134 cm³/mol. The second kappa shape index (κ2) is 10.4. The van der Waals surface area contributed by atoms with Gasteiger partial charge in [0.1, 0.15) is 5.75 Å². The minimum Gasteiger partial charge on any atom is -0.508 e. The zero-order chi connectivity index (χ0) is 22.4. The van der Waals surface area contributed by atoms with Gasteiger partial charge in [0.15, 0.2) is 0 Å². The Balaban J connectivity index is 1.63. The van der Waals surface area contributed by atoms with Crippen molar-refractivity contribution in [1.29, 1.82) is 0 Å². The topological polar surface area (TPSA) is 35.5 Å². The molecule has 0 bridgehead atoms. The van der Waals surface area contributed by atoms with E-state index >= 15 is 0 Å². The number of aromatic hydroxyl groups is 1. The molecule has 2 N–H and O–H groups in total. The van der Waals surface area contributed by atoms with E-state index in [0.717, 1.165) is 26.1 Å². The van der Waals surface area contributed by atoms with Crippen LogP contribution in [0.5, 0.6) is 5.75 Å². The van der Waals surface area contributed by atoms with Gasteiger partial charge in [-0.05, 0) is 61.9 Å². The minimum absolute atomic E-state index is 0.135. The van der Waals surface area contributed by atoms with Gasteiger partial charge in [0, 0.05) is 23.9 Å². The fourth-order valence-electron chi connectivity index (χ4n) is 6.67. The minimum atomic E-state index is 0.135. The first-order valence-corrected chi connectivity index (χ1v) is 12.9. The maximum atomic E-state index is 10.3. The van der Waals surface area contributed by atoms with Crippen LogP contribution < -0.4 is 5.32 Å². The largest absolute Gasteiger partial charge is 0.508 e. The lowest BCUT2D eigenvalue weighted by Crippen LogP contribution is -2.68. The molecule has 3 unspecified atom stereocenters. The molecule has 1 heterocycles. The summed E-state index contributed by atoms with van der Waals surface area (Å²) < 4.78 is 0. The van der Waals surface area contributed by atoms with Gasteiger partial charge in [-0.1, -0.05) is 82.0 Å². The molecule has 2 fully saturated rings. The van der Waals surface area contributed by atoms with E-state index in [4.69, 9.17) is 0 Å². The van der Waals surface area contributed by atoms with Crippen LogP contribution in [0.1, 0.15) is 76.3 Å². The Kier molecular flexibility index (Phi) is 7.58. The molecule has 32 heavy (non-hydrogen) atoms. The molecule has 4 rings (SSSR count). The molecule has 1 aliphatic heterocycles. The average Bonchev–Trinajstić information content (AvgIpc) is 2.81. The Labute approximate surface area is 195 Å². The molecule has 0 aromatic heterocycles. The van der Waals surface area contributed by atoms with E-state index in [-0.39, 0.29) is 10.8 Å². The molecule has 1 saturated heterocycles. The maximum Gasteiger partial charge on any atom is 0.115 e. The molecular weight excluding hydrogens is 392 g/mol. The Bertz CT molecular complexity index is 853. The highest BCUT2D eigenvalue weighted by Crippen LogP contribution is 2.59. The van der Waals surface area contributed by atoms with Crippen molar-refractivity contribution in [3.8, 4) is 5.75 Å². The number of fused-ring (bicyclic) bond motifs is 1. The number of piperidine rings is 1. The first kappa shape index (κ1) is 23.3. The van der Waals surface area contributed by atoms with Crippen LogP contribution >= 0.6 is 0 Å². The van der Waals surface area contributed by atoms with Gasteiger partial charge in [-0.2, -0.15) is 0 Å². The van der Waals surface area contributed by atoms with Crippen molar-refractivity contribution in [3.63, 3.8) is 0 Å². The van der Waals surface area contributed by atoms with Crippen LogP contribution in [0, 0.1) is 5.41 Å². The highest BCUT2D eigenvalue weighted by Gasteiger charge is 2.58. The molecule has 2 aliphatic rings. The van der Waals surface area contributed by atoms with Crippen molar-refractivity contribution in [1.82, 2.24) is 10.2 Å². The number of benzene rings is 2. The molecular formula is C29H42N2O. The molecule has 0 spiro atoms. The molecule has 174 valence electrons. The van der Waals surface area contributed by atoms with Crippen molar-refractivity contribution in [2.24, 2.45) is 5.41 Å². The van der Waals surface area contributed by atoms with E-state index in [1.807, 2.05) is 12.1 Å². The monoisotopic (exact) mass is 434 g/mol. The number of rotatable bonds is 9. The quantitative estimate of drug-likeness (QED) is 0.457. The number of phenolic OH excluding ortho intramolecular Hbond substituents is 1. The van der Waals surface area contributed by atoms with E-state index in [9.17, 15) is 5.11 Å². The molecule has 3 atom stereocenters. The van der Waals surface area contributed by atoms with Gasteiger partial charge < -0.3 is 10.4 Å². The van der Waals surface area contributed by atoms with E-state index < -0.39 is 0 Å². The first-order chi connectivity index (χ1) is 15.6. The third-order valence-electron chi connectivity index (χ3n) is 8.48. The van der Waals surface area contributed by atoms with Crippen molar-refractivity contribution in [3.05, 3.63) is 65.7 Å². The van der Waals surface area contributed by atoms with E-state index in [2.05, 4.69) is 66.5 Å². The lowest BCUT2D eigenvalue weighted by Gasteiger charge is -2.62. The molecule has 0 amide bonds. The standard InChI is InChI=1S/C29H42N2O/c1-3-4-10-20-30-27-28(2)17-8-9-18-29(28,25-14-11-15-26(32)23-25)19-22-31(27)21-16-24-12-6-5-7-13-24/h5-7,11-15,23,27,30,32H,3-4,8-10,16-22H2,1-2H3. The number of phenols is 1. The van der Waals surface area contributed by atoms with Gasteiger partial charge in [0.25, 0.3) is 0 Å². The van der Waals surface area contributed by atoms with Crippen LogP contribution in [-0.4, -0.2) is 35.8 Å². The lowest BCUT2D eigenvalue weighted by molar-refractivity contribution is -0.0871. The number of hydrogen-bond acceptors (Lipinski definition) is 3. The Morgan fingerprint density at radius 2 is 1.81 bits per heavy atom.